The highest BCUT2D eigenvalue weighted by Gasteiger charge is 2.30. The van der Waals surface area contributed by atoms with E-state index in [1.165, 1.54) is 12.1 Å². The number of benzene rings is 2. The molecule has 3 aromatic rings. The fourth-order valence-electron chi connectivity index (χ4n) is 3.56. The van der Waals surface area contributed by atoms with Gasteiger partial charge in [0.25, 0.3) is 5.91 Å². The Kier molecular flexibility index (Phi) is 5.59. The van der Waals surface area contributed by atoms with Gasteiger partial charge in [0, 0.05) is 31.0 Å². The van der Waals surface area contributed by atoms with Crippen LogP contribution < -0.4 is 0 Å². The van der Waals surface area contributed by atoms with Crippen molar-refractivity contribution in [2.24, 2.45) is 0 Å². The van der Waals surface area contributed by atoms with Gasteiger partial charge in [0.2, 0.25) is 0 Å². The van der Waals surface area contributed by atoms with Crippen molar-refractivity contribution in [1.82, 2.24) is 14.7 Å². The molecule has 1 aliphatic heterocycles. The van der Waals surface area contributed by atoms with E-state index in [9.17, 15) is 18.0 Å². The van der Waals surface area contributed by atoms with E-state index in [1.807, 2.05) is 12.3 Å². The largest absolute Gasteiger partial charge is 0.416 e. The third kappa shape index (κ3) is 4.38. The van der Waals surface area contributed by atoms with Crippen molar-refractivity contribution in [2.75, 3.05) is 19.7 Å². The lowest BCUT2D eigenvalue weighted by Crippen LogP contribution is -2.47. The van der Waals surface area contributed by atoms with Gasteiger partial charge < -0.3 is 9.64 Å². The van der Waals surface area contributed by atoms with Crippen molar-refractivity contribution in [3.63, 3.8) is 0 Å². The maximum absolute atomic E-state index is 13.2. The van der Waals surface area contributed by atoms with E-state index in [0.717, 1.165) is 12.1 Å². The summed E-state index contributed by atoms with van der Waals surface area (Å²) in [5.41, 5.74) is 0.904. The molecule has 1 atom stereocenters. The first-order valence-corrected chi connectivity index (χ1v) is 9.57. The Labute approximate surface area is 171 Å². The van der Waals surface area contributed by atoms with E-state index in [4.69, 9.17) is 4.74 Å². The Bertz CT molecular complexity index is 1000. The smallest absolute Gasteiger partial charge is 0.373 e. The highest BCUT2D eigenvalue weighted by molar-refractivity contribution is 6.01. The van der Waals surface area contributed by atoms with Crippen molar-refractivity contribution in [3.05, 3.63) is 78.1 Å². The predicted octanol–water partition coefficient (Wildman–Crippen LogP) is 4.11. The van der Waals surface area contributed by atoms with E-state index >= 15 is 0 Å². The monoisotopic (exact) mass is 415 g/mol. The van der Waals surface area contributed by atoms with E-state index < -0.39 is 11.7 Å². The predicted molar refractivity (Wildman–Crippen MR) is 105 cm³/mol. The van der Waals surface area contributed by atoms with Crippen LogP contribution in [0.3, 0.4) is 0 Å². The minimum atomic E-state index is -4.40. The van der Waals surface area contributed by atoms with Crippen LogP contribution in [0.4, 0.5) is 13.2 Å². The Morgan fingerprint density at radius 3 is 2.57 bits per heavy atom. The number of aromatic nitrogens is 2. The van der Waals surface area contributed by atoms with Gasteiger partial charge in [-0.3, -0.25) is 9.48 Å². The molecule has 2 aromatic carbocycles. The molecule has 1 unspecified atom stereocenters. The van der Waals surface area contributed by atoms with E-state index in [2.05, 4.69) is 5.10 Å². The number of morpholine rings is 1. The summed E-state index contributed by atoms with van der Waals surface area (Å²) < 4.78 is 46.1. The summed E-state index contributed by atoms with van der Waals surface area (Å²) >= 11 is 0. The van der Waals surface area contributed by atoms with Gasteiger partial charge in [-0.1, -0.05) is 30.3 Å². The molecule has 8 heteroatoms. The van der Waals surface area contributed by atoms with Crippen molar-refractivity contribution >= 4 is 5.91 Å². The fraction of sp³-hybridized carbons (Fsp3) is 0.273. The molecule has 4 rings (SSSR count). The molecular weight excluding hydrogens is 395 g/mol. The lowest BCUT2D eigenvalue weighted by molar-refractivity contribution is -0.137. The Morgan fingerprint density at radius 2 is 1.87 bits per heavy atom. The molecule has 2 heterocycles. The highest BCUT2D eigenvalue weighted by Crippen LogP contribution is 2.32. The third-order valence-corrected chi connectivity index (χ3v) is 5.06. The fourth-order valence-corrected chi connectivity index (χ4v) is 3.56. The molecule has 0 radical (unpaired) electrons. The first-order chi connectivity index (χ1) is 14.4. The van der Waals surface area contributed by atoms with Crippen molar-refractivity contribution in [1.29, 1.82) is 0 Å². The number of halogens is 3. The summed E-state index contributed by atoms with van der Waals surface area (Å²) in [6.45, 7) is 1.83. The molecule has 0 spiro atoms. The lowest BCUT2D eigenvalue weighted by Gasteiger charge is -2.33. The Morgan fingerprint density at radius 1 is 1.10 bits per heavy atom. The molecule has 0 saturated carbocycles. The van der Waals surface area contributed by atoms with Crippen LogP contribution in [0.25, 0.3) is 11.1 Å². The normalized spacial score (nSPS) is 17.2. The second-order valence-corrected chi connectivity index (χ2v) is 7.09. The second-order valence-electron chi connectivity index (χ2n) is 7.09. The Hall–Kier alpha value is -3.13. The molecule has 0 bridgehead atoms. The number of nitrogens with zero attached hydrogens (tertiary/aromatic N) is 3. The van der Waals surface area contributed by atoms with Crippen LogP contribution >= 0.6 is 0 Å². The summed E-state index contributed by atoms with van der Waals surface area (Å²) in [5, 5.41) is 4.17. The second kappa shape index (κ2) is 8.31. The van der Waals surface area contributed by atoms with Gasteiger partial charge >= 0.3 is 6.18 Å². The first kappa shape index (κ1) is 20.2. The number of ether oxygens (including phenoxy) is 1. The topological polar surface area (TPSA) is 47.4 Å². The maximum Gasteiger partial charge on any atom is 0.416 e. The zero-order chi connectivity index (χ0) is 21.1. The SMILES string of the molecule is O=C(c1ccccc1-c1ccc(C(F)(F)F)cc1)N1CCOC(Cn2cccn2)C1. The first-order valence-electron chi connectivity index (χ1n) is 9.57. The molecule has 5 nitrogen and oxygen atoms in total. The summed E-state index contributed by atoms with van der Waals surface area (Å²) in [5.74, 6) is -0.167. The minimum absolute atomic E-state index is 0.167. The minimum Gasteiger partial charge on any atom is -0.373 e. The van der Waals surface area contributed by atoms with Crippen molar-refractivity contribution in [2.45, 2.75) is 18.8 Å². The van der Waals surface area contributed by atoms with Crippen LogP contribution in [0.15, 0.2) is 67.0 Å². The van der Waals surface area contributed by atoms with Gasteiger partial charge in [-0.25, -0.2) is 0 Å². The summed E-state index contributed by atoms with van der Waals surface area (Å²) in [7, 11) is 0. The number of carbonyl (C=O) groups excluding carboxylic acids is 1. The number of amides is 1. The molecule has 1 aliphatic rings. The quantitative estimate of drug-likeness (QED) is 0.644. The number of rotatable bonds is 4. The van der Waals surface area contributed by atoms with Crippen LogP contribution in [-0.4, -0.2) is 46.4 Å². The van der Waals surface area contributed by atoms with Crippen LogP contribution in [0, 0.1) is 0 Å². The van der Waals surface area contributed by atoms with Gasteiger partial charge in [-0.2, -0.15) is 18.3 Å². The molecule has 0 aliphatic carbocycles. The number of carbonyl (C=O) groups is 1. The van der Waals surface area contributed by atoms with Crippen molar-refractivity contribution < 1.29 is 22.7 Å². The zero-order valence-corrected chi connectivity index (χ0v) is 16.0. The summed E-state index contributed by atoms with van der Waals surface area (Å²) in [6.07, 6.45) is -1.05. The molecule has 0 N–H and O–H groups in total. The Balaban J connectivity index is 1.55. The standard InChI is InChI=1S/C22H20F3N3O2/c23-22(24,25)17-8-6-16(7-9-17)19-4-1-2-5-20(19)21(29)27-12-13-30-18(14-27)15-28-11-3-10-26-28/h1-11,18H,12-15H2. The summed E-state index contributed by atoms with van der Waals surface area (Å²) in [6, 6.07) is 13.7. The summed E-state index contributed by atoms with van der Waals surface area (Å²) in [4.78, 5) is 15.0. The van der Waals surface area contributed by atoms with Crippen LogP contribution in [0.2, 0.25) is 0 Å². The maximum atomic E-state index is 13.2. The van der Waals surface area contributed by atoms with Gasteiger partial charge in [0.05, 0.1) is 24.8 Å². The van der Waals surface area contributed by atoms with E-state index in [0.29, 0.717) is 42.9 Å². The van der Waals surface area contributed by atoms with Crippen molar-refractivity contribution in [3.8, 4) is 11.1 Å². The average molecular weight is 415 g/mol. The number of hydrogen-bond donors (Lipinski definition) is 0. The van der Waals surface area contributed by atoms with Gasteiger partial charge in [-0.05, 0) is 35.4 Å². The molecule has 156 valence electrons. The number of alkyl halides is 3. The molecule has 1 fully saturated rings. The van der Waals surface area contributed by atoms with Gasteiger partial charge in [0.15, 0.2) is 0 Å². The van der Waals surface area contributed by atoms with E-state index in [-0.39, 0.29) is 12.0 Å². The molecule has 1 saturated heterocycles. The third-order valence-electron chi connectivity index (χ3n) is 5.06. The van der Waals surface area contributed by atoms with Crippen LogP contribution in [0.1, 0.15) is 15.9 Å². The molecule has 30 heavy (non-hydrogen) atoms. The zero-order valence-electron chi connectivity index (χ0n) is 16.0. The molecule has 1 amide bonds. The molecule has 1 aromatic heterocycles. The van der Waals surface area contributed by atoms with Crippen LogP contribution in [0.5, 0.6) is 0 Å². The average Bonchev–Trinajstić information content (AvgIpc) is 3.26. The lowest BCUT2D eigenvalue weighted by atomic mass is 9.97. The van der Waals surface area contributed by atoms with Gasteiger partial charge in [0.1, 0.15) is 0 Å². The van der Waals surface area contributed by atoms with Crippen LogP contribution in [-0.2, 0) is 17.5 Å². The number of hydrogen-bond acceptors (Lipinski definition) is 3. The molecular formula is C22H20F3N3O2. The van der Waals surface area contributed by atoms with Gasteiger partial charge in [-0.15, -0.1) is 0 Å². The van der Waals surface area contributed by atoms with E-state index in [1.54, 1.807) is 40.0 Å². The highest BCUT2D eigenvalue weighted by atomic mass is 19.4.